The number of carbonyl (C=O) groups is 3. The lowest BCUT2D eigenvalue weighted by Gasteiger charge is -1.92. The molecule has 0 radical (unpaired) electrons. The minimum absolute atomic E-state index is 0.253. The summed E-state index contributed by atoms with van der Waals surface area (Å²) in [5.41, 5.74) is 0. The van der Waals surface area contributed by atoms with Gasteiger partial charge in [-0.1, -0.05) is 6.58 Å². The first-order valence-corrected chi connectivity index (χ1v) is 4.84. The summed E-state index contributed by atoms with van der Waals surface area (Å²) < 4.78 is 8.84. The summed E-state index contributed by atoms with van der Waals surface area (Å²) in [5.74, 6) is -2.15. The summed E-state index contributed by atoms with van der Waals surface area (Å²) in [7, 11) is 0. The molecule has 0 fully saturated rings. The van der Waals surface area contributed by atoms with Crippen molar-refractivity contribution < 1.29 is 29.0 Å². The number of carboxylic acid groups (broad SMARTS) is 1. The predicted molar refractivity (Wildman–Crippen MR) is 60.2 cm³/mol. The summed E-state index contributed by atoms with van der Waals surface area (Å²) in [4.78, 5) is 30.3. The maximum Gasteiger partial charge on any atom is 0.330 e. The Morgan fingerprint density at radius 1 is 1.06 bits per heavy atom. The Labute approximate surface area is 99.5 Å². The third kappa shape index (κ3) is 16.6. The molecular formula is C11H16O6. The van der Waals surface area contributed by atoms with Crippen LogP contribution in [0.4, 0.5) is 0 Å². The van der Waals surface area contributed by atoms with E-state index in [4.69, 9.17) is 5.11 Å². The molecule has 0 saturated heterocycles. The van der Waals surface area contributed by atoms with Crippen LogP contribution in [0.5, 0.6) is 0 Å². The number of rotatable bonds is 5. The van der Waals surface area contributed by atoms with Crippen molar-refractivity contribution in [2.75, 3.05) is 13.2 Å². The van der Waals surface area contributed by atoms with Crippen molar-refractivity contribution in [1.29, 1.82) is 0 Å². The van der Waals surface area contributed by atoms with E-state index in [0.717, 1.165) is 18.2 Å². The quantitative estimate of drug-likeness (QED) is 0.571. The van der Waals surface area contributed by atoms with E-state index in [-0.39, 0.29) is 12.6 Å². The molecule has 0 saturated carbocycles. The van der Waals surface area contributed by atoms with Crippen molar-refractivity contribution in [3.8, 4) is 0 Å². The van der Waals surface area contributed by atoms with Gasteiger partial charge in [0.2, 0.25) is 0 Å². The molecule has 0 spiro atoms. The highest BCUT2D eigenvalue weighted by molar-refractivity contribution is 5.90. The minimum Gasteiger partial charge on any atom is -0.478 e. The number of hydrogen-bond donors (Lipinski definition) is 1. The summed E-state index contributed by atoms with van der Waals surface area (Å²) in [6.07, 6.45) is 2.74. The minimum atomic E-state index is -1.16. The second-order valence-corrected chi connectivity index (χ2v) is 2.38. The zero-order valence-electron chi connectivity index (χ0n) is 9.84. The Balaban J connectivity index is 0. The largest absolute Gasteiger partial charge is 0.478 e. The van der Waals surface area contributed by atoms with E-state index in [1.165, 1.54) is 0 Å². The molecule has 0 bridgehead atoms. The Kier molecular flexibility index (Phi) is 12.2. The first kappa shape index (κ1) is 17.3. The number of hydrogen-bond acceptors (Lipinski definition) is 5. The maximum atomic E-state index is 10.4. The summed E-state index contributed by atoms with van der Waals surface area (Å²) >= 11 is 0. The lowest BCUT2D eigenvalue weighted by molar-refractivity contribution is -0.138. The van der Waals surface area contributed by atoms with Gasteiger partial charge >= 0.3 is 17.9 Å². The second-order valence-electron chi connectivity index (χ2n) is 2.38. The summed E-state index contributed by atoms with van der Waals surface area (Å²) in [6.45, 7) is 7.28. The van der Waals surface area contributed by atoms with Crippen molar-refractivity contribution >= 4 is 17.9 Å². The summed E-state index contributed by atoms with van der Waals surface area (Å²) in [5, 5.41) is 8.04. The van der Waals surface area contributed by atoms with Crippen LogP contribution in [0.2, 0.25) is 0 Å². The molecule has 6 heteroatoms. The highest BCUT2D eigenvalue weighted by Gasteiger charge is 1.94. The Morgan fingerprint density at radius 3 is 1.82 bits per heavy atom. The monoisotopic (exact) mass is 244 g/mol. The van der Waals surface area contributed by atoms with E-state index < -0.39 is 11.9 Å². The van der Waals surface area contributed by atoms with E-state index >= 15 is 0 Å². The number of aliphatic carboxylic acids is 1. The van der Waals surface area contributed by atoms with E-state index in [0.29, 0.717) is 6.61 Å². The predicted octanol–water partition coefficient (Wildman–Crippen LogP) is 0.926. The molecule has 0 amide bonds. The molecule has 0 rings (SSSR count). The van der Waals surface area contributed by atoms with Crippen molar-refractivity contribution in [3.63, 3.8) is 0 Å². The molecule has 0 aliphatic carbocycles. The van der Waals surface area contributed by atoms with Gasteiger partial charge < -0.3 is 14.6 Å². The molecule has 0 aromatic carbocycles. The third-order valence-electron chi connectivity index (χ3n) is 1.10. The average Bonchev–Trinajstić information content (AvgIpc) is 2.28. The van der Waals surface area contributed by atoms with Gasteiger partial charge in [-0.15, -0.1) is 0 Å². The maximum absolute atomic E-state index is 10.4. The van der Waals surface area contributed by atoms with E-state index in [1.54, 1.807) is 13.8 Å². The van der Waals surface area contributed by atoms with Gasteiger partial charge in [-0.2, -0.15) is 0 Å². The Morgan fingerprint density at radius 2 is 1.53 bits per heavy atom. The lowest BCUT2D eigenvalue weighted by atomic mass is 10.5. The van der Waals surface area contributed by atoms with Crippen molar-refractivity contribution in [3.05, 3.63) is 24.8 Å². The molecule has 0 aromatic heterocycles. The first-order chi connectivity index (χ1) is 7.97. The van der Waals surface area contributed by atoms with E-state index in [1.807, 2.05) is 0 Å². The van der Waals surface area contributed by atoms with Crippen LogP contribution in [-0.2, 0) is 23.9 Å². The smallest absolute Gasteiger partial charge is 0.330 e. The normalized spacial score (nSPS) is 8.82. The van der Waals surface area contributed by atoms with Gasteiger partial charge in [-0.25, -0.2) is 14.4 Å². The molecule has 0 aromatic rings. The van der Waals surface area contributed by atoms with Crippen LogP contribution in [0.3, 0.4) is 0 Å². The van der Waals surface area contributed by atoms with Gasteiger partial charge in [-0.05, 0) is 13.8 Å². The zero-order valence-corrected chi connectivity index (χ0v) is 9.84. The van der Waals surface area contributed by atoms with Crippen LogP contribution in [0.15, 0.2) is 24.8 Å². The molecule has 0 heterocycles. The zero-order chi connectivity index (χ0) is 13.7. The number of esters is 2. The van der Waals surface area contributed by atoms with Gasteiger partial charge in [0, 0.05) is 18.2 Å². The van der Waals surface area contributed by atoms with Gasteiger partial charge in [0.05, 0.1) is 13.2 Å². The van der Waals surface area contributed by atoms with Crippen LogP contribution in [0, 0.1) is 0 Å². The van der Waals surface area contributed by atoms with Crippen LogP contribution in [0.25, 0.3) is 0 Å². The second kappa shape index (κ2) is 12.0. The SMILES string of the molecule is C=CC(=O)OCC.CCOC(=O)C=CC(=O)O. The van der Waals surface area contributed by atoms with Crippen molar-refractivity contribution in [1.82, 2.24) is 0 Å². The number of carboxylic acids is 1. The third-order valence-corrected chi connectivity index (χ3v) is 1.10. The molecule has 1 N–H and O–H groups in total. The fraction of sp³-hybridized carbons (Fsp3) is 0.364. The highest BCUT2D eigenvalue weighted by atomic mass is 16.5. The van der Waals surface area contributed by atoms with Crippen molar-refractivity contribution in [2.45, 2.75) is 13.8 Å². The van der Waals surface area contributed by atoms with Crippen LogP contribution >= 0.6 is 0 Å². The van der Waals surface area contributed by atoms with Gasteiger partial charge in [0.1, 0.15) is 0 Å². The Bertz CT molecular complexity index is 292. The Hall–Kier alpha value is -2.11. The van der Waals surface area contributed by atoms with Crippen molar-refractivity contribution in [2.24, 2.45) is 0 Å². The molecule has 0 unspecified atom stereocenters. The first-order valence-electron chi connectivity index (χ1n) is 4.84. The van der Waals surface area contributed by atoms with Gasteiger partial charge in [-0.3, -0.25) is 0 Å². The topological polar surface area (TPSA) is 89.9 Å². The standard InChI is InChI=1S/C6H8O4.C5H8O2/c1-2-10-6(9)4-3-5(7)8;1-3-5(6)7-4-2/h3-4H,2H2,1H3,(H,7,8);3H,1,4H2,2H3. The molecule has 17 heavy (non-hydrogen) atoms. The summed E-state index contributed by atoms with van der Waals surface area (Å²) in [6, 6.07) is 0. The molecule has 0 aliphatic rings. The highest BCUT2D eigenvalue weighted by Crippen LogP contribution is 1.80. The van der Waals surface area contributed by atoms with E-state index in [2.05, 4.69) is 16.1 Å². The fourth-order valence-corrected chi connectivity index (χ4v) is 0.531. The molecule has 0 atom stereocenters. The number of ether oxygens (including phenoxy) is 2. The van der Waals surface area contributed by atoms with E-state index in [9.17, 15) is 14.4 Å². The van der Waals surface area contributed by atoms with Gasteiger partial charge in [0.25, 0.3) is 0 Å². The molecule has 6 nitrogen and oxygen atoms in total. The molecule has 96 valence electrons. The van der Waals surface area contributed by atoms with Crippen LogP contribution in [-0.4, -0.2) is 36.2 Å². The molecular weight excluding hydrogens is 228 g/mol. The average molecular weight is 244 g/mol. The molecule has 0 aliphatic heterocycles. The number of carbonyl (C=O) groups excluding carboxylic acids is 2. The van der Waals surface area contributed by atoms with Crippen LogP contribution < -0.4 is 0 Å². The van der Waals surface area contributed by atoms with Crippen LogP contribution in [0.1, 0.15) is 13.8 Å². The lowest BCUT2D eigenvalue weighted by Crippen LogP contribution is -2.00. The van der Waals surface area contributed by atoms with Gasteiger partial charge in [0.15, 0.2) is 0 Å². The fourth-order valence-electron chi connectivity index (χ4n) is 0.531.